The maximum absolute atomic E-state index is 6.15. The van der Waals surface area contributed by atoms with Crippen molar-refractivity contribution in [3.8, 4) is 27.9 Å². The van der Waals surface area contributed by atoms with Crippen LogP contribution in [0.25, 0.3) is 112 Å². The van der Waals surface area contributed by atoms with E-state index in [1.165, 1.54) is 90.1 Å². The maximum atomic E-state index is 6.15. The van der Waals surface area contributed by atoms with Crippen LogP contribution in [0.3, 0.4) is 0 Å². The highest BCUT2D eigenvalue weighted by molar-refractivity contribution is 7.26. The molecule has 0 amide bonds. The molecule has 0 aliphatic rings. The van der Waals surface area contributed by atoms with Crippen LogP contribution in [-0.2, 0) is 0 Å². The maximum Gasteiger partial charge on any atom is 0.135 e. The van der Waals surface area contributed by atoms with Crippen LogP contribution in [0.1, 0.15) is 0 Å². The third-order valence-corrected chi connectivity index (χ3v) is 13.1. The molecule has 4 aromatic heterocycles. The highest BCUT2D eigenvalue weighted by Crippen LogP contribution is 2.44. The smallest absolute Gasteiger partial charge is 0.135 e. The molecular weight excluding hydrogens is 671 g/mol. The molecule has 0 spiro atoms. The zero-order chi connectivity index (χ0) is 33.9. The van der Waals surface area contributed by atoms with Gasteiger partial charge in [-0.15, -0.1) is 22.7 Å². The summed E-state index contributed by atoms with van der Waals surface area (Å²) in [6, 6.07) is 60.1. The summed E-state index contributed by atoms with van der Waals surface area (Å²) in [5, 5.41) is 10.1. The van der Waals surface area contributed by atoms with Gasteiger partial charge in [-0.25, -0.2) is 0 Å². The van der Waals surface area contributed by atoms with Gasteiger partial charge >= 0.3 is 0 Å². The van der Waals surface area contributed by atoms with Gasteiger partial charge in [0.1, 0.15) is 11.2 Å². The third-order valence-electron chi connectivity index (χ3n) is 10.8. The van der Waals surface area contributed by atoms with E-state index in [0.29, 0.717) is 0 Å². The fourth-order valence-corrected chi connectivity index (χ4v) is 10.7. The molecule has 242 valence electrons. The summed E-state index contributed by atoms with van der Waals surface area (Å²) in [6.45, 7) is 0. The molecule has 0 bridgehead atoms. The van der Waals surface area contributed by atoms with Gasteiger partial charge in [-0.05, 0) is 95.1 Å². The van der Waals surface area contributed by atoms with Gasteiger partial charge in [-0.1, -0.05) is 91.0 Å². The Bertz CT molecular complexity index is 3430. The van der Waals surface area contributed by atoms with Crippen LogP contribution in [0.5, 0.6) is 0 Å². The molecule has 4 heterocycles. The molecule has 0 saturated heterocycles. The molecule has 0 atom stereocenters. The van der Waals surface area contributed by atoms with Crippen LogP contribution in [0.15, 0.2) is 168 Å². The topological polar surface area (TPSA) is 18.1 Å². The number of aromatic nitrogens is 1. The highest BCUT2D eigenvalue weighted by Gasteiger charge is 2.17. The summed E-state index contributed by atoms with van der Waals surface area (Å²) in [5.74, 6) is 0. The predicted molar refractivity (Wildman–Crippen MR) is 225 cm³/mol. The van der Waals surface area contributed by atoms with Crippen molar-refractivity contribution in [1.29, 1.82) is 0 Å². The second-order valence-corrected chi connectivity index (χ2v) is 15.8. The second-order valence-electron chi connectivity index (χ2n) is 13.7. The average molecular weight is 698 g/mol. The summed E-state index contributed by atoms with van der Waals surface area (Å²) in [5.41, 5.74) is 10.4. The van der Waals surface area contributed by atoms with E-state index in [9.17, 15) is 0 Å². The number of fused-ring (bicyclic) bond motifs is 12. The predicted octanol–water partition coefficient (Wildman–Crippen LogP) is 14.8. The summed E-state index contributed by atoms with van der Waals surface area (Å²) >= 11 is 3.74. The lowest BCUT2D eigenvalue weighted by molar-refractivity contribution is 0.669. The molecule has 8 aromatic carbocycles. The molecule has 0 saturated carbocycles. The molecule has 2 nitrogen and oxygen atoms in total. The Kier molecular flexibility index (Phi) is 5.84. The first-order valence-electron chi connectivity index (χ1n) is 17.6. The van der Waals surface area contributed by atoms with Crippen LogP contribution in [0.4, 0.5) is 0 Å². The molecule has 0 unspecified atom stereocenters. The van der Waals surface area contributed by atoms with E-state index in [0.717, 1.165) is 21.9 Å². The summed E-state index contributed by atoms with van der Waals surface area (Å²) in [4.78, 5) is 0. The second kappa shape index (κ2) is 10.7. The molecule has 12 rings (SSSR count). The minimum Gasteiger partial charge on any atom is -0.456 e. The van der Waals surface area contributed by atoms with Crippen LogP contribution in [0.2, 0.25) is 0 Å². The van der Waals surface area contributed by atoms with Gasteiger partial charge in [0.2, 0.25) is 0 Å². The number of thiophene rings is 2. The Balaban J connectivity index is 1.01. The average Bonchev–Trinajstić information content (AvgIpc) is 3.95. The Morgan fingerprint density at radius 2 is 1.04 bits per heavy atom. The molecule has 52 heavy (non-hydrogen) atoms. The SMILES string of the molecule is c1ccc2c(c1)oc1ccc(-c3cccc4sc5cc(-n6c7ccccc7c7cc(-c8ccc9sc%10ccccc%10c9c8)ccc76)ccc5c34)cc12. The Morgan fingerprint density at radius 1 is 0.365 bits per heavy atom. The normalized spacial score (nSPS) is 12.2. The van der Waals surface area contributed by atoms with E-state index < -0.39 is 0 Å². The Morgan fingerprint density at radius 3 is 1.98 bits per heavy atom. The van der Waals surface area contributed by atoms with Crippen molar-refractivity contribution in [2.75, 3.05) is 0 Å². The number of rotatable bonds is 3. The van der Waals surface area contributed by atoms with Crippen molar-refractivity contribution in [3.05, 3.63) is 164 Å². The van der Waals surface area contributed by atoms with E-state index in [1.807, 2.05) is 34.8 Å². The van der Waals surface area contributed by atoms with E-state index in [-0.39, 0.29) is 0 Å². The van der Waals surface area contributed by atoms with E-state index in [2.05, 4.69) is 156 Å². The lowest BCUT2D eigenvalue weighted by Gasteiger charge is -2.09. The van der Waals surface area contributed by atoms with Gasteiger partial charge < -0.3 is 8.98 Å². The summed E-state index contributed by atoms with van der Waals surface area (Å²) in [7, 11) is 0. The fourth-order valence-electron chi connectivity index (χ4n) is 8.42. The lowest BCUT2D eigenvalue weighted by Crippen LogP contribution is -1.93. The fraction of sp³-hybridized carbons (Fsp3) is 0. The van der Waals surface area contributed by atoms with E-state index in [4.69, 9.17) is 4.42 Å². The van der Waals surface area contributed by atoms with Crippen molar-refractivity contribution in [2.24, 2.45) is 0 Å². The third kappa shape index (κ3) is 4.05. The largest absolute Gasteiger partial charge is 0.456 e. The standard InChI is InChI=1S/C48H27NOS2/c1-4-12-40-33(8-1)37-24-28(29-18-23-45-39(25-29)35-10-3-6-14-44(35)51-45)16-21-41(37)49(40)31-19-20-36-47(27-31)52-46-15-7-11-32(48(36)46)30-17-22-43-38(26-30)34-9-2-5-13-42(34)50-43/h1-27H. The Labute approximate surface area is 306 Å². The number of hydrogen-bond acceptors (Lipinski definition) is 3. The lowest BCUT2D eigenvalue weighted by atomic mass is 9.98. The zero-order valence-electron chi connectivity index (χ0n) is 27.8. The molecule has 0 N–H and O–H groups in total. The number of furan rings is 1. The molecular formula is C48H27NOS2. The van der Waals surface area contributed by atoms with Gasteiger partial charge in [-0.2, -0.15) is 0 Å². The molecule has 0 aliphatic carbocycles. The monoisotopic (exact) mass is 697 g/mol. The van der Waals surface area contributed by atoms with Gasteiger partial charge in [0.25, 0.3) is 0 Å². The molecule has 12 aromatic rings. The number of para-hydroxylation sites is 2. The van der Waals surface area contributed by atoms with Crippen molar-refractivity contribution in [1.82, 2.24) is 4.57 Å². The van der Waals surface area contributed by atoms with Gasteiger partial charge in [-0.3, -0.25) is 0 Å². The number of hydrogen-bond donors (Lipinski definition) is 0. The van der Waals surface area contributed by atoms with E-state index in [1.54, 1.807) is 0 Å². The summed E-state index contributed by atoms with van der Waals surface area (Å²) in [6.07, 6.45) is 0. The minimum atomic E-state index is 0.924. The van der Waals surface area contributed by atoms with Gasteiger partial charge in [0.15, 0.2) is 0 Å². The number of benzene rings is 8. The van der Waals surface area contributed by atoms with Crippen molar-refractivity contribution in [3.63, 3.8) is 0 Å². The van der Waals surface area contributed by atoms with Crippen molar-refractivity contribution < 1.29 is 4.42 Å². The molecule has 0 fully saturated rings. The van der Waals surface area contributed by atoms with E-state index >= 15 is 0 Å². The first-order valence-corrected chi connectivity index (χ1v) is 19.2. The Hall–Kier alpha value is -6.20. The van der Waals surface area contributed by atoms with Crippen LogP contribution in [0, 0.1) is 0 Å². The first-order chi connectivity index (χ1) is 25.7. The first kappa shape index (κ1) is 28.5. The van der Waals surface area contributed by atoms with Gasteiger partial charge in [0.05, 0.1) is 11.0 Å². The molecule has 0 radical (unpaired) electrons. The quantitative estimate of drug-likeness (QED) is 0.180. The van der Waals surface area contributed by atoms with Crippen LogP contribution in [-0.4, -0.2) is 4.57 Å². The van der Waals surface area contributed by atoms with Gasteiger partial charge in [0, 0.05) is 67.6 Å². The minimum absolute atomic E-state index is 0.924. The molecule has 0 aliphatic heterocycles. The van der Waals surface area contributed by atoms with Crippen LogP contribution < -0.4 is 0 Å². The van der Waals surface area contributed by atoms with Crippen molar-refractivity contribution in [2.45, 2.75) is 0 Å². The van der Waals surface area contributed by atoms with Crippen LogP contribution >= 0.6 is 22.7 Å². The molecule has 4 heteroatoms. The number of nitrogens with zero attached hydrogens (tertiary/aromatic N) is 1. The zero-order valence-corrected chi connectivity index (χ0v) is 29.4. The summed E-state index contributed by atoms with van der Waals surface area (Å²) < 4.78 is 13.8. The highest BCUT2D eigenvalue weighted by atomic mass is 32.1. The van der Waals surface area contributed by atoms with Crippen molar-refractivity contribution >= 4 is 107 Å².